The molecule has 0 aliphatic rings. The summed E-state index contributed by atoms with van der Waals surface area (Å²) in [7, 11) is 0. The van der Waals surface area contributed by atoms with E-state index in [-0.39, 0.29) is 18.1 Å². The standard InChI is InChI=1S/C20H16FN3OS3/c1-12-2-7-16-17(8-12)28-19(23-16)24-18(25)9-15-11-27-20(22-15)26-10-13-3-5-14(21)6-4-13/h2-8,11H,9-10H2,1H3,(H,23,24,25). The zero-order chi connectivity index (χ0) is 19.5. The van der Waals surface area contributed by atoms with Crippen LogP contribution in [0.1, 0.15) is 16.8 Å². The molecule has 0 aliphatic carbocycles. The normalized spacial score (nSPS) is 11.1. The summed E-state index contributed by atoms with van der Waals surface area (Å²) in [5.74, 6) is 0.348. The first kappa shape index (κ1) is 19.0. The van der Waals surface area contributed by atoms with Gasteiger partial charge in [0.25, 0.3) is 0 Å². The number of nitrogens with zero attached hydrogens (tertiary/aromatic N) is 2. The maximum atomic E-state index is 13.0. The molecule has 8 heteroatoms. The largest absolute Gasteiger partial charge is 0.302 e. The summed E-state index contributed by atoms with van der Waals surface area (Å²) >= 11 is 4.56. The summed E-state index contributed by atoms with van der Waals surface area (Å²) in [6.07, 6.45) is 0.211. The number of amides is 1. The minimum Gasteiger partial charge on any atom is -0.302 e. The molecule has 0 saturated heterocycles. The number of thiazole rings is 2. The lowest BCUT2D eigenvalue weighted by Gasteiger charge is -1.99. The van der Waals surface area contributed by atoms with E-state index >= 15 is 0 Å². The third kappa shape index (κ3) is 4.76. The molecule has 4 rings (SSSR count). The molecule has 0 spiro atoms. The van der Waals surface area contributed by atoms with Crippen molar-refractivity contribution in [1.82, 2.24) is 9.97 Å². The van der Waals surface area contributed by atoms with E-state index in [1.807, 2.05) is 24.4 Å². The van der Waals surface area contributed by atoms with E-state index in [1.165, 1.54) is 40.4 Å². The fourth-order valence-corrected chi connectivity index (χ4v) is 5.36. The van der Waals surface area contributed by atoms with Crippen LogP contribution in [-0.4, -0.2) is 15.9 Å². The van der Waals surface area contributed by atoms with Gasteiger partial charge in [-0.3, -0.25) is 4.79 Å². The van der Waals surface area contributed by atoms with Crippen LogP contribution in [0.15, 0.2) is 52.2 Å². The first-order valence-corrected chi connectivity index (χ1v) is 11.2. The third-order valence-electron chi connectivity index (χ3n) is 3.94. The molecule has 2 heterocycles. The first-order chi connectivity index (χ1) is 13.5. The van der Waals surface area contributed by atoms with Crippen molar-refractivity contribution in [2.45, 2.75) is 23.4 Å². The van der Waals surface area contributed by atoms with Crippen LogP contribution in [0.4, 0.5) is 9.52 Å². The highest BCUT2D eigenvalue weighted by Crippen LogP contribution is 2.28. The van der Waals surface area contributed by atoms with E-state index in [4.69, 9.17) is 0 Å². The number of halogens is 1. The Kier molecular flexibility index (Phi) is 5.70. The average Bonchev–Trinajstić information content (AvgIpc) is 3.27. The lowest BCUT2D eigenvalue weighted by molar-refractivity contribution is -0.115. The lowest BCUT2D eigenvalue weighted by Crippen LogP contribution is -2.14. The Labute approximate surface area is 173 Å². The van der Waals surface area contributed by atoms with Gasteiger partial charge in [0.05, 0.1) is 22.3 Å². The highest BCUT2D eigenvalue weighted by molar-refractivity contribution is 8.00. The molecule has 28 heavy (non-hydrogen) atoms. The van der Waals surface area contributed by atoms with Crippen molar-refractivity contribution in [3.05, 3.63) is 70.5 Å². The van der Waals surface area contributed by atoms with Gasteiger partial charge in [0.1, 0.15) is 10.2 Å². The van der Waals surface area contributed by atoms with Gasteiger partial charge in [-0.1, -0.05) is 41.3 Å². The molecule has 0 fully saturated rings. The summed E-state index contributed by atoms with van der Waals surface area (Å²) in [4.78, 5) is 21.3. The number of hydrogen-bond donors (Lipinski definition) is 1. The van der Waals surface area contributed by atoms with Crippen molar-refractivity contribution in [2.24, 2.45) is 0 Å². The Bertz CT molecular complexity index is 1120. The molecule has 4 nitrogen and oxygen atoms in total. The predicted octanol–water partition coefficient (Wildman–Crippen LogP) is 5.67. The Morgan fingerprint density at radius 1 is 1.18 bits per heavy atom. The average molecular weight is 430 g/mol. The van der Waals surface area contributed by atoms with Gasteiger partial charge < -0.3 is 5.32 Å². The minimum atomic E-state index is -0.237. The number of anilines is 1. The van der Waals surface area contributed by atoms with E-state index in [9.17, 15) is 9.18 Å². The Morgan fingerprint density at radius 2 is 2.00 bits per heavy atom. The van der Waals surface area contributed by atoms with E-state index in [0.717, 1.165) is 25.8 Å². The Balaban J connectivity index is 1.33. The maximum absolute atomic E-state index is 13.0. The van der Waals surface area contributed by atoms with Crippen molar-refractivity contribution in [1.29, 1.82) is 0 Å². The molecule has 0 bridgehead atoms. The molecule has 142 valence electrons. The van der Waals surface area contributed by atoms with Crippen molar-refractivity contribution in [2.75, 3.05) is 5.32 Å². The van der Waals surface area contributed by atoms with Gasteiger partial charge in [0.2, 0.25) is 5.91 Å². The fraction of sp³-hybridized carbons (Fsp3) is 0.150. The van der Waals surface area contributed by atoms with Crippen LogP contribution in [0.5, 0.6) is 0 Å². The first-order valence-electron chi connectivity index (χ1n) is 8.54. The van der Waals surface area contributed by atoms with Crippen LogP contribution in [0, 0.1) is 12.7 Å². The van der Waals surface area contributed by atoms with Crippen molar-refractivity contribution in [3.63, 3.8) is 0 Å². The maximum Gasteiger partial charge on any atom is 0.232 e. The molecule has 0 radical (unpaired) electrons. The van der Waals surface area contributed by atoms with Crippen LogP contribution < -0.4 is 5.32 Å². The van der Waals surface area contributed by atoms with Gasteiger partial charge >= 0.3 is 0 Å². The monoisotopic (exact) mass is 429 g/mol. The molecule has 1 amide bonds. The molecule has 0 saturated carbocycles. The molecule has 0 atom stereocenters. The zero-order valence-electron chi connectivity index (χ0n) is 14.9. The van der Waals surface area contributed by atoms with Crippen molar-refractivity contribution in [3.8, 4) is 0 Å². The second kappa shape index (κ2) is 8.38. The van der Waals surface area contributed by atoms with E-state index < -0.39 is 0 Å². The SMILES string of the molecule is Cc1ccc2nc(NC(=O)Cc3csc(SCc4ccc(F)cc4)n3)sc2c1. The second-order valence-corrected chi connectivity index (χ2v) is 9.35. The Morgan fingerprint density at radius 3 is 2.82 bits per heavy atom. The van der Waals surface area contributed by atoms with Crippen LogP contribution in [-0.2, 0) is 17.0 Å². The quantitative estimate of drug-likeness (QED) is 0.401. The van der Waals surface area contributed by atoms with Crippen molar-refractivity contribution >= 4 is 55.7 Å². The second-order valence-electron chi connectivity index (χ2n) is 6.24. The van der Waals surface area contributed by atoms with Gasteiger partial charge in [0.15, 0.2) is 5.13 Å². The molecular formula is C20H16FN3OS3. The van der Waals surface area contributed by atoms with Crippen molar-refractivity contribution < 1.29 is 9.18 Å². The highest BCUT2D eigenvalue weighted by atomic mass is 32.2. The van der Waals surface area contributed by atoms with Gasteiger partial charge in [0, 0.05) is 11.1 Å². The summed E-state index contributed by atoms with van der Waals surface area (Å²) in [5.41, 5.74) is 3.83. The number of benzene rings is 2. The van der Waals surface area contributed by atoms with Gasteiger partial charge in [-0.25, -0.2) is 14.4 Å². The number of carbonyl (C=O) groups is 1. The zero-order valence-corrected chi connectivity index (χ0v) is 17.4. The molecule has 2 aromatic carbocycles. The number of thioether (sulfide) groups is 1. The van der Waals surface area contributed by atoms with E-state index in [2.05, 4.69) is 21.4 Å². The van der Waals surface area contributed by atoms with Crippen LogP contribution >= 0.6 is 34.4 Å². The molecule has 2 aromatic heterocycles. The summed E-state index contributed by atoms with van der Waals surface area (Å²) in [6, 6.07) is 12.5. The fourth-order valence-electron chi connectivity index (χ4n) is 2.57. The van der Waals surface area contributed by atoms with Gasteiger partial charge in [-0.05, 0) is 42.3 Å². The predicted molar refractivity (Wildman–Crippen MR) is 115 cm³/mol. The number of rotatable bonds is 6. The van der Waals surface area contributed by atoms with Gasteiger partial charge in [-0.15, -0.1) is 11.3 Å². The number of fused-ring (bicyclic) bond motifs is 1. The van der Waals surface area contributed by atoms with Gasteiger partial charge in [-0.2, -0.15) is 0 Å². The number of nitrogens with one attached hydrogen (secondary N) is 1. The third-order valence-corrected chi connectivity index (χ3v) is 7.01. The topological polar surface area (TPSA) is 54.9 Å². The highest BCUT2D eigenvalue weighted by Gasteiger charge is 2.11. The number of aromatic nitrogens is 2. The summed E-state index contributed by atoms with van der Waals surface area (Å²) < 4.78 is 14.9. The molecule has 4 aromatic rings. The molecular weight excluding hydrogens is 413 g/mol. The Hall–Kier alpha value is -2.29. The van der Waals surface area contributed by atoms with Crippen LogP contribution in [0.3, 0.4) is 0 Å². The number of hydrogen-bond acceptors (Lipinski definition) is 6. The molecule has 1 N–H and O–H groups in total. The summed E-state index contributed by atoms with van der Waals surface area (Å²) in [6.45, 7) is 2.03. The number of aryl methyl sites for hydroxylation is 1. The summed E-state index contributed by atoms with van der Waals surface area (Å²) in [5, 5.41) is 5.36. The lowest BCUT2D eigenvalue weighted by atomic mass is 10.2. The smallest absolute Gasteiger partial charge is 0.232 e. The number of carbonyl (C=O) groups excluding carboxylic acids is 1. The van der Waals surface area contributed by atoms with E-state index in [1.54, 1.807) is 23.9 Å². The van der Waals surface area contributed by atoms with E-state index in [0.29, 0.717) is 10.9 Å². The van der Waals surface area contributed by atoms with Crippen LogP contribution in [0.25, 0.3) is 10.2 Å². The van der Waals surface area contributed by atoms with Crippen LogP contribution in [0.2, 0.25) is 0 Å². The molecule has 0 aliphatic heterocycles. The molecule has 0 unspecified atom stereocenters. The minimum absolute atomic E-state index is 0.129.